The summed E-state index contributed by atoms with van der Waals surface area (Å²) in [7, 11) is 0. The Hall–Kier alpha value is -3.04. The Morgan fingerprint density at radius 3 is 2.10 bits per heavy atom. The second-order valence-corrected chi connectivity index (χ2v) is 3.70. The first kappa shape index (κ1) is 15.0. The van der Waals surface area contributed by atoms with Crippen LogP contribution in [0.2, 0.25) is 0 Å². The van der Waals surface area contributed by atoms with E-state index in [1.54, 1.807) is 0 Å². The molecule has 1 aromatic carbocycles. The molecule has 0 saturated heterocycles. The lowest BCUT2D eigenvalue weighted by Gasteiger charge is -2.08. The molecule has 0 radical (unpaired) electrons. The molecule has 0 atom stereocenters. The van der Waals surface area contributed by atoms with Gasteiger partial charge in [0.15, 0.2) is 5.69 Å². The Morgan fingerprint density at radius 1 is 1.15 bits per heavy atom. The second kappa shape index (κ2) is 5.73. The zero-order valence-corrected chi connectivity index (χ0v) is 10.4. The maximum Gasteiger partial charge on any atom is 0.309 e. The standard InChI is InChI=1S/C10H10N4O6/c1-3-4-11-9-8(13(17)18)5-7(12(15)16)6(2)10(9)14(19)20/h3,5,11H,1,4H2,2H3. The molecule has 0 aliphatic carbocycles. The highest BCUT2D eigenvalue weighted by Crippen LogP contribution is 2.41. The van der Waals surface area contributed by atoms with Crippen LogP contribution < -0.4 is 5.32 Å². The van der Waals surface area contributed by atoms with Gasteiger partial charge in [-0.3, -0.25) is 30.3 Å². The first-order chi connectivity index (χ1) is 9.31. The van der Waals surface area contributed by atoms with Crippen molar-refractivity contribution >= 4 is 22.7 Å². The number of anilines is 1. The maximum atomic E-state index is 11.0. The third-order valence-corrected chi connectivity index (χ3v) is 2.50. The molecule has 1 rings (SSSR count). The van der Waals surface area contributed by atoms with Crippen LogP contribution in [0.4, 0.5) is 22.7 Å². The molecule has 0 saturated carbocycles. The minimum absolute atomic E-state index is 0.0406. The number of nitro benzene ring substituents is 3. The van der Waals surface area contributed by atoms with E-state index >= 15 is 0 Å². The van der Waals surface area contributed by atoms with Crippen LogP contribution in [0.25, 0.3) is 0 Å². The van der Waals surface area contributed by atoms with Gasteiger partial charge in [0, 0.05) is 6.54 Å². The summed E-state index contributed by atoms with van der Waals surface area (Å²) in [4.78, 5) is 30.1. The third kappa shape index (κ3) is 2.68. The van der Waals surface area contributed by atoms with E-state index in [-0.39, 0.29) is 17.8 Å². The van der Waals surface area contributed by atoms with Crippen molar-refractivity contribution in [2.75, 3.05) is 11.9 Å². The van der Waals surface area contributed by atoms with Gasteiger partial charge in [-0.25, -0.2) is 0 Å². The smallest absolute Gasteiger partial charge is 0.309 e. The van der Waals surface area contributed by atoms with E-state index in [0.717, 1.165) is 0 Å². The highest BCUT2D eigenvalue weighted by atomic mass is 16.6. The average molecular weight is 282 g/mol. The van der Waals surface area contributed by atoms with Crippen molar-refractivity contribution in [2.24, 2.45) is 0 Å². The Labute approximate surface area is 112 Å². The molecule has 0 bridgehead atoms. The summed E-state index contributed by atoms with van der Waals surface area (Å²) in [6, 6.07) is 0.702. The number of nitrogens with one attached hydrogen (secondary N) is 1. The Kier molecular flexibility index (Phi) is 4.31. The number of nitro groups is 3. The monoisotopic (exact) mass is 282 g/mol. The Bertz CT molecular complexity index is 612. The van der Waals surface area contributed by atoms with Crippen molar-refractivity contribution in [3.63, 3.8) is 0 Å². The molecule has 0 fully saturated rings. The lowest BCUT2D eigenvalue weighted by molar-refractivity contribution is -0.402. The van der Waals surface area contributed by atoms with E-state index in [9.17, 15) is 30.3 Å². The predicted molar refractivity (Wildman–Crippen MR) is 69.8 cm³/mol. The molecule has 10 nitrogen and oxygen atoms in total. The van der Waals surface area contributed by atoms with Crippen LogP contribution in [0.15, 0.2) is 18.7 Å². The van der Waals surface area contributed by atoms with Gasteiger partial charge in [0.1, 0.15) is 5.56 Å². The number of hydrogen-bond donors (Lipinski definition) is 1. The van der Waals surface area contributed by atoms with Gasteiger partial charge >= 0.3 is 11.4 Å². The molecule has 0 aromatic heterocycles. The van der Waals surface area contributed by atoms with Gasteiger partial charge in [0.2, 0.25) is 0 Å². The normalized spacial score (nSPS) is 9.85. The van der Waals surface area contributed by atoms with Crippen LogP contribution in [0.1, 0.15) is 5.56 Å². The first-order valence-electron chi connectivity index (χ1n) is 5.26. The predicted octanol–water partition coefficient (Wildman–Crippen LogP) is 2.32. The molecule has 1 N–H and O–H groups in total. The van der Waals surface area contributed by atoms with Crippen LogP contribution in [0.5, 0.6) is 0 Å². The number of benzene rings is 1. The molecular formula is C10H10N4O6. The van der Waals surface area contributed by atoms with Crippen LogP contribution in [0.3, 0.4) is 0 Å². The summed E-state index contributed by atoms with van der Waals surface area (Å²) in [6.07, 6.45) is 1.35. The van der Waals surface area contributed by atoms with Gasteiger partial charge in [-0.2, -0.15) is 0 Å². The number of nitrogens with zero attached hydrogens (tertiary/aromatic N) is 3. The fourth-order valence-corrected chi connectivity index (χ4v) is 1.65. The largest absolute Gasteiger partial charge is 0.370 e. The van der Waals surface area contributed by atoms with Gasteiger partial charge in [0.25, 0.3) is 5.69 Å². The van der Waals surface area contributed by atoms with Crippen LogP contribution in [0, 0.1) is 37.3 Å². The highest BCUT2D eigenvalue weighted by molar-refractivity contribution is 5.80. The van der Waals surface area contributed by atoms with Crippen molar-refractivity contribution in [3.05, 3.63) is 54.6 Å². The van der Waals surface area contributed by atoms with E-state index in [2.05, 4.69) is 11.9 Å². The molecule has 0 heterocycles. The molecule has 106 valence electrons. The highest BCUT2D eigenvalue weighted by Gasteiger charge is 2.34. The van der Waals surface area contributed by atoms with Crippen molar-refractivity contribution in [1.82, 2.24) is 0 Å². The molecule has 0 amide bonds. The topological polar surface area (TPSA) is 141 Å². The first-order valence-corrected chi connectivity index (χ1v) is 5.26. The van der Waals surface area contributed by atoms with Crippen LogP contribution in [-0.4, -0.2) is 21.3 Å². The fraction of sp³-hybridized carbons (Fsp3) is 0.200. The number of rotatable bonds is 6. The van der Waals surface area contributed by atoms with Crippen LogP contribution >= 0.6 is 0 Å². The van der Waals surface area contributed by atoms with Crippen molar-refractivity contribution in [3.8, 4) is 0 Å². The van der Waals surface area contributed by atoms with Crippen molar-refractivity contribution < 1.29 is 14.8 Å². The lowest BCUT2D eigenvalue weighted by Crippen LogP contribution is -2.08. The molecular weight excluding hydrogens is 272 g/mol. The van der Waals surface area contributed by atoms with Gasteiger partial charge < -0.3 is 5.32 Å². The average Bonchev–Trinajstić information content (AvgIpc) is 2.34. The summed E-state index contributed by atoms with van der Waals surface area (Å²) >= 11 is 0. The van der Waals surface area contributed by atoms with Gasteiger partial charge in [-0.15, -0.1) is 6.58 Å². The Morgan fingerprint density at radius 2 is 1.70 bits per heavy atom. The fourth-order valence-electron chi connectivity index (χ4n) is 1.65. The summed E-state index contributed by atoms with van der Waals surface area (Å²) in [5, 5.41) is 35.3. The molecule has 0 aliphatic rings. The molecule has 0 aliphatic heterocycles. The second-order valence-electron chi connectivity index (χ2n) is 3.70. The molecule has 10 heteroatoms. The molecule has 0 spiro atoms. The zero-order chi connectivity index (χ0) is 15.4. The van der Waals surface area contributed by atoms with Gasteiger partial charge in [-0.05, 0) is 6.92 Å². The van der Waals surface area contributed by atoms with Gasteiger partial charge in [-0.1, -0.05) is 6.08 Å². The molecule has 20 heavy (non-hydrogen) atoms. The summed E-state index contributed by atoms with van der Waals surface area (Å²) in [6.45, 7) is 4.59. The van der Waals surface area contributed by atoms with Crippen molar-refractivity contribution in [2.45, 2.75) is 6.92 Å². The summed E-state index contributed by atoms with van der Waals surface area (Å²) in [5.41, 5.74) is -2.71. The van der Waals surface area contributed by atoms with E-state index in [4.69, 9.17) is 0 Å². The SMILES string of the molecule is C=CCNc1c([N+](=O)[O-])cc([N+](=O)[O-])c(C)c1[N+](=O)[O-]. The van der Waals surface area contributed by atoms with Crippen molar-refractivity contribution in [1.29, 1.82) is 0 Å². The van der Waals surface area contributed by atoms with E-state index in [1.165, 1.54) is 13.0 Å². The minimum Gasteiger partial charge on any atom is -0.370 e. The Balaban J connectivity index is 3.72. The maximum absolute atomic E-state index is 11.0. The van der Waals surface area contributed by atoms with E-state index in [1.807, 2.05) is 0 Å². The number of hydrogen-bond acceptors (Lipinski definition) is 7. The van der Waals surface area contributed by atoms with Crippen LogP contribution in [-0.2, 0) is 0 Å². The molecule has 1 aromatic rings. The molecule has 0 unspecified atom stereocenters. The van der Waals surface area contributed by atoms with Gasteiger partial charge in [0.05, 0.1) is 20.8 Å². The van der Waals surface area contributed by atoms with E-state index in [0.29, 0.717) is 6.07 Å². The minimum atomic E-state index is -0.912. The summed E-state index contributed by atoms with van der Waals surface area (Å²) < 4.78 is 0. The van der Waals surface area contributed by atoms with E-state index < -0.39 is 31.8 Å². The quantitative estimate of drug-likeness (QED) is 0.479. The summed E-state index contributed by atoms with van der Waals surface area (Å²) in [5.74, 6) is 0. The lowest BCUT2D eigenvalue weighted by atomic mass is 10.1. The third-order valence-electron chi connectivity index (χ3n) is 2.50. The zero-order valence-electron chi connectivity index (χ0n) is 10.4.